The Morgan fingerprint density at radius 3 is 1.74 bits per heavy atom. The van der Waals surface area contributed by atoms with Gasteiger partial charge in [-0.3, -0.25) is 0 Å². The summed E-state index contributed by atoms with van der Waals surface area (Å²) in [4.78, 5) is 0. The van der Waals surface area contributed by atoms with Gasteiger partial charge in [-0.25, -0.2) is 0 Å². The van der Waals surface area contributed by atoms with Gasteiger partial charge in [-0.05, 0) is 65.3 Å². The summed E-state index contributed by atoms with van der Waals surface area (Å²) in [5.41, 5.74) is 4.08. The summed E-state index contributed by atoms with van der Waals surface area (Å²) in [5, 5.41) is 3.66. The molecule has 3 aliphatic heterocycles. The molecule has 0 bridgehead atoms. The van der Waals surface area contributed by atoms with Crippen LogP contribution in [-0.4, -0.2) is 22.6 Å². The van der Waals surface area contributed by atoms with Crippen LogP contribution in [0.3, 0.4) is 0 Å². The normalized spacial score (nSPS) is 44.3. The Hall–Kier alpha value is 0.0800. The summed E-state index contributed by atoms with van der Waals surface area (Å²) in [6, 6.07) is 9.62. The summed E-state index contributed by atoms with van der Waals surface area (Å²) >= 11 is 0. The second-order valence-corrected chi connectivity index (χ2v) is 12.5. The molecule has 3 heterocycles. The third-order valence-electron chi connectivity index (χ3n) is 5.55. The molecule has 102 valence electrons. The number of hydrogen-bond donors (Lipinski definition) is 0. The van der Waals surface area contributed by atoms with E-state index in [0.29, 0.717) is 0 Å². The molecule has 0 radical (unpaired) electrons. The topological polar surface area (TPSA) is 0 Å². The van der Waals surface area contributed by atoms with Crippen LogP contribution < -0.4 is 10.6 Å². The van der Waals surface area contributed by atoms with E-state index in [1.807, 2.05) is 10.6 Å². The Balaban J connectivity index is 1.86. The van der Waals surface area contributed by atoms with Crippen LogP contribution in [0.4, 0.5) is 0 Å². The first-order chi connectivity index (χ1) is 9.25. The third-order valence-corrected chi connectivity index (χ3v) is 12.6. The summed E-state index contributed by atoms with van der Waals surface area (Å²) in [7, 11) is 0.298. The van der Waals surface area contributed by atoms with Crippen molar-refractivity contribution in [1.82, 2.24) is 0 Å². The highest BCUT2D eigenvalue weighted by Crippen LogP contribution is 2.65. The average Bonchev–Trinajstić information content (AvgIpc) is 2.90. The third kappa shape index (κ3) is 1.94. The molecule has 0 aromatic heterocycles. The van der Waals surface area contributed by atoms with E-state index in [1.165, 1.54) is 25.7 Å². The van der Waals surface area contributed by atoms with Crippen molar-refractivity contribution < 1.29 is 0 Å². The van der Waals surface area contributed by atoms with Crippen LogP contribution in [0.15, 0.2) is 24.3 Å². The monoisotopic (exact) mass is 290 g/mol. The van der Waals surface area contributed by atoms with Crippen molar-refractivity contribution in [2.24, 2.45) is 0 Å². The van der Waals surface area contributed by atoms with Crippen molar-refractivity contribution in [3.8, 4) is 0 Å². The van der Waals surface area contributed by atoms with Crippen molar-refractivity contribution in [3.05, 3.63) is 24.3 Å². The molecule has 0 N–H and O–H groups in total. The van der Waals surface area contributed by atoms with Gasteiger partial charge in [0.25, 0.3) is 0 Å². The van der Waals surface area contributed by atoms with Gasteiger partial charge in [0.05, 0.1) is 0 Å². The number of fused-ring (bicyclic) bond motifs is 5. The molecule has 0 aliphatic carbocycles. The van der Waals surface area contributed by atoms with E-state index in [4.69, 9.17) is 0 Å². The van der Waals surface area contributed by atoms with Crippen molar-refractivity contribution in [3.63, 3.8) is 0 Å². The molecule has 4 rings (SSSR count). The van der Waals surface area contributed by atoms with Crippen LogP contribution in [0.1, 0.15) is 46.0 Å². The first-order valence-electron chi connectivity index (χ1n) is 7.91. The van der Waals surface area contributed by atoms with Gasteiger partial charge in [-0.15, -0.1) is 0 Å². The van der Waals surface area contributed by atoms with Crippen LogP contribution in [0, 0.1) is 0 Å². The maximum atomic E-state index is 2.53. The molecular formula is C17H24P2. The van der Waals surface area contributed by atoms with Crippen LogP contribution in [0.25, 0.3) is 0 Å². The zero-order valence-corrected chi connectivity index (χ0v) is 13.8. The van der Waals surface area contributed by atoms with Crippen molar-refractivity contribution in [2.75, 3.05) is 0 Å². The van der Waals surface area contributed by atoms with E-state index in [-0.39, 0.29) is 15.8 Å². The quantitative estimate of drug-likeness (QED) is 0.621. The minimum atomic E-state index is 0.149. The van der Waals surface area contributed by atoms with Gasteiger partial charge >= 0.3 is 0 Å². The Morgan fingerprint density at radius 2 is 1.26 bits per heavy atom. The molecule has 0 saturated carbocycles. The van der Waals surface area contributed by atoms with E-state index in [9.17, 15) is 0 Å². The summed E-state index contributed by atoms with van der Waals surface area (Å²) in [6.07, 6.45) is 7.60. The van der Waals surface area contributed by atoms with Crippen LogP contribution in [0.2, 0.25) is 0 Å². The summed E-state index contributed by atoms with van der Waals surface area (Å²) < 4.78 is 0. The lowest BCUT2D eigenvalue weighted by Crippen LogP contribution is -2.25. The highest BCUT2D eigenvalue weighted by Gasteiger charge is 2.45. The second-order valence-electron chi connectivity index (χ2n) is 6.70. The van der Waals surface area contributed by atoms with Gasteiger partial charge in [0.15, 0.2) is 0 Å². The Bertz CT molecular complexity index is 441. The molecule has 1 aromatic carbocycles. The Labute approximate surface area is 119 Å². The van der Waals surface area contributed by atoms with Crippen molar-refractivity contribution in [2.45, 2.75) is 68.6 Å². The summed E-state index contributed by atoms with van der Waals surface area (Å²) in [5.74, 6) is 0. The highest BCUT2D eigenvalue weighted by atomic mass is 31.1. The van der Waals surface area contributed by atoms with Gasteiger partial charge < -0.3 is 0 Å². The fraction of sp³-hybridized carbons (Fsp3) is 0.647. The zero-order chi connectivity index (χ0) is 13.0. The van der Waals surface area contributed by atoms with Crippen molar-refractivity contribution >= 4 is 26.5 Å². The molecule has 0 spiro atoms. The standard InChI is InChI=1S/C17H24P2/c1-12-7-9-14-11-15-10-8-13(2)19(15)17-6-4-3-5-16(17)18(12)14/h3-6,12-15H,7-11H2,1-2H3/t12-,13?,14+,15+,18?,19?/m0/s1. The largest absolute Gasteiger partial charge is 0.0685 e. The molecule has 2 saturated heterocycles. The predicted molar refractivity (Wildman–Crippen MR) is 89.1 cm³/mol. The summed E-state index contributed by atoms with van der Waals surface area (Å²) in [6.45, 7) is 5.06. The SMILES string of the molecule is CC1CC[C@@H]2C[C@H]3CC[C@H](C)P3c3ccccc3P12. The molecule has 0 nitrogen and oxygen atoms in total. The minimum Gasteiger partial charge on any atom is -0.0685 e. The molecule has 0 amide bonds. The fourth-order valence-corrected chi connectivity index (χ4v) is 12.6. The highest BCUT2D eigenvalue weighted by molar-refractivity contribution is 7.74. The van der Waals surface area contributed by atoms with Crippen molar-refractivity contribution in [1.29, 1.82) is 0 Å². The number of rotatable bonds is 0. The van der Waals surface area contributed by atoms with E-state index >= 15 is 0 Å². The van der Waals surface area contributed by atoms with Gasteiger partial charge in [0, 0.05) is 0 Å². The zero-order valence-electron chi connectivity index (χ0n) is 12.0. The maximum Gasteiger partial charge on any atom is -0.0158 e. The Morgan fingerprint density at radius 1 is 0.789 bits per heavy atom. The van der Waals surface area contributed by atoms with Crippen LogP contribution in [-0.2, 0) is 0 Å². The lowest BCUT2D eigenvalue weighted by atomic mass is 10.1. The first kappa shape index (κ1) is 12.8. The van der Waals surface area contributed by atoms with E-state index in [0.717, 1.165) is 22.6 Å². The smallest absolute Gasteiger partial charge is 0.0158 e. The van der Waals surface area contributed by atoms with E-state index < -0.39 is 0 Å². The average molecular weight is 290 g/mol. The molecule has 1 aromatic rings. The molecule has 19 heavy (non-hydrogen) atoms. The Kier molecular flexibility index (Phi) is 3.25. The van der Waals surface area contributed by atoms with Crippen LogP contribution >= 0.6 is 15.8 Å². The molecule has 2 heteroatoms. The number of hydrogen-bond acceptors (Lipinski definition) is 0. The lowest BCUT2D eigenvalue weighted by molar-refractivity contribution is 0.643. The lowest BCUT2D eigenvalue weighted by Gasteiger charge is -2.25. The van der Waals surface area contributed by atoms with Gasteiger partial charge in [-0.1, -0.05) is 54.0 Å². The van der Waals surface area contributed by atoms with Crippen LogP contribution in [0.5, 0.6) is 0 Å². The van der Waals surface area contributed by atoms with E-state index in [1.54, 1.807) is 6.42 Å². The predicted octanol–water partition coefficient (Wildman–Crippen LogP) is 4.41. The molecular weight excluding hydrogens is 266 g/mol. The fourth-order valence-electron chi connectivity index (χ4n) is 4.69. The van der Waals surface area contributed by atoms with Gasteiger partial charge in [0.1, 0.15) is 0 Å². The maximum absolute atomic E-state index is 2.53. The molecule has 3 unspecified atom stereocenters. The molecule has 2 fully saturated rings. The van der Waals surface area contributed by atoms with E-state index in [2.05, 4.69) is 38.1 Å². The first-order valence-corrected chi connectivity index (χ1v) is 10.9. The second kappa shape index (κ2) is 4.82. The van der Waals surface area contributed by atoms with Gasteiger partial charge in [0.2, 0.25) is 0 Å². The van der Waals surface area contributed by atoms with Gasteiger partial charge in [-0.2, -0.15) is 0 Å². The number of benzene rings is 1. The molecule has 6 atom stereocenters. The molecule has 3 aliphatic rings. The minimum absolute atomic E-state index is 0.149.